The van der Waals surface area contributed by atoms with Crippen LogP contribution in [0.2, 0.25) is 0 Å². The van der Waals surface area contributed by atoms with Crippen molar-refractivity contribution >= 4 is 5.97 Å². The van der Waals surface area contributed by atoms with Gasteiger partial charge in [0.05, 0.1) is 12.5 Å². The number of methoxy groups -OCH3 is 1. The van der Waals surface area contributed by atoms with Crippen molar-refractivity contribution in [3.63, 3.8) is 0 Å². The van der Waals surface area contributed by atoms with Gasteiger partial charge in [-0.15, -0.1) is 0 Å². The number of hydrogen-bond donors (Lipinski definition) is 0. The number of ether oxygens (including phenoxy) is 1. The largest absolute Gasteiger partial charge is 0.469 e. The van der Waals surface area contributed by atoms with E-state index >= 15 is 0 Å². The molecule has 0 radical (unpaired) electrons. The highest BCUT2D eigenvalue weighted by Gasteiger charge is 2.55. The third-order valence-electron chi connectivity index (χ3n) is 4.69. The van der Waals surface area contributed by atoms with Crippen molar-refractivity contribution < 1.29 is 9.53 Å². The predicted octanol–water partition coefficient (Wildman–Crippen LogP) is 1.86. The van der Waals surface area contributed by atoms with Gasteiger partial charge in [0.2, 0.25) is 0 Å². The number of hydrogen-bond acceptors (Lipinski definition) is 4. The molecular weight excluding hydrogens is 240 g/mol. The Balaban J connectivity index is 1.73. The molecule has 4 heteroatoms. The number of aromatic nitrogens is 1. The quantitative estimate of drug-likeness (QED) is 0.778. The summed E-state index contributed by atoms with van der Waals surface area (Å²) < 4.78 is 5.06. The number of rotatable bonds is 3. The van der Waals surface area contributed by atoms with Gasteiger partial charge in [-0.25, -0.2) is 0 Å². The first kappa shape index (κ1) is 12.6. The Bertz CT molecular complexity index is 462. The van der Waals surface area contributed by atoms with Crippen molar-refractivity contribution in [2.24, 2.45) is 11.3 Å². The molecule has 1 aromatic heterocycles. The summed E-state index contributed by atoms with van der Waals surface area (Å²) >= 11 is 0. The van der Waals surface area contributed by atoms with E-state index in [0.29, 0.717) is 5.92 Å². The highest BCUT2D eigenvalue weighted by molar-refractivity contribution is 5.78. The Morgan fingerprint density at radius 3 is 3.05 bits per heavy atom. The summed E-state index contributed by atoms with van der Waals surface area (Å²) in [7, 11) is 1.51. The monoisotopic (exact) mass is 260 g/mol. The molecule has 0 bridgehead atoms. The fourth-order valence-corrected chi connectivity index (χ4v) is 3.80. The van der Waals surface area contributed by atoms with Gasteiger partial charge in [0.15, 0.2) is 0 Å². The van der Waals surface area contributed by atoms with Gasteiger partial charge in [-0.2, -0.15) is 0 Å². The molecule has 2 aliphatic rings. The van der Waals surface area contributed by atoms with Crippen LogP contribution in [0, 0.1) is 11.3 Å². The van der Waals surface area contributed by atoms with E-state index in [1.54, 1.807) is 0 Å². The Hall–Kier alpha value is -1.42. The van der Waals surface area contributed by atoms with Crippen LogP contribution >= 0.6 is 0 Å². The Morgan fingerprint density at radius 2 is 2.32 bits per heavy atom. The van der Waals surface area contributed by atoms with E-state index in [-0.39, 0.29) is 11.4 Å². The van der Waals surface area contributed by atoms with Crippen LogP contribution in [-0.2, 0) is 16.1 Å². The molecule has 0 amide bonds. The number of pyridine rings is 1. The first-order chi connectivity index (χ1) is 9.24. The van der Waals surface area contributed by atoms with Crippen molar-refractivity contribution in [1.29, 1.82) is 0 Å². The molecule has 0 spiro atoms. The minimum Gasteiger partial charge on any atom is -0.469 e. The van der Waals surface area contributed by atoms with Gasteiger partial charge >= 0.3 is 5.97 Å². The zero-order chi connectivity index (χ0) is 13.3. The van der Waals surface area contributed by atoms with E-state index in [9.17, 15) is 4.79 Å². The number of esters is 1. The molecule has 1 saturated heterocycles. The topological polar surface area (TPSA) is 42.4 Å². The first-order valence-corrected chi connectivity index (χ1v) is 6.94. The van der Waals surface area contributed by atoms with Gasteiger partial charge in [0.1, 0.15) is 0 Å². The number of nitrogens with zero attached hydrogens (tertiary/aromatic N) is 2. The number of carbonyl (C=O) groups excluding carboxylic acids is 1. The number of fused-ring (bicyclic) bond motifs is 1. The van der Waals surface area contributed by atoms with Crippen LogP contribution in [0.3, 0.4) is 0 Å². The summed E-state index contributed by atoms with van der Waals surface area (Å²) in [6, 6.07) is 4.08. The minimum absolute atomic E-state index is 0.00720. The summed E-state index contributed by atoms with van der Waals surface area (Å²) in [6.45, 7) is 2.75. The van der Waals surface area contributed by atoms with Gasteiger partial charge in [-0.05, 0) is 36.5 Å². The summed E-state index contributed by atoms with van der Waals surface area (Å²) in [5.41, 5.74) is 1.02. The standard InChI is InChI=1S/C15H20N2O2/c1-19-14(18)15-6-2-3-13(15)10-17(11-15)9-12-4-7-16-8-5-12/h4-5,7-8,13H,2-3,6,9-11H2,1H3/t13-,15+/m1/s1. The molecule has 0 unspecified atom stereocenters. The summed E-state index contributed by atoms with van der Waals surface area (Å²) in [5, 5.41) is 0. The lowest BCUT2D eigenvalue weighted by molar-refractivity contribution is -0.153. The van der Waals surface area contributed by atoms with E-state index in [1.165, 1.54) is 12.7 Å². The average Bonchev–Trinajstić information content (AvgIpc) is 2.96. The maximum Gasteiger partial charge on any atom is 0.313 e. The lowest BCUT2D eigenvalue weighted by atomic mass is 9.81. The first-order valence-electron chi connectivity index (χ1n) is 6.94. The molecular formula is C15H20N2O2. The molecule has 4 nitrogen and oxygen atoms in total. The SMILES string of the molecule is COC(=O)[C@]12CCC[C@@H]1CN(Cc1ccncc1)C2. The van der Waals surface area contributed by atoms with Crippen molar-refractivity contribution in [1.82, 2.24) is 9.88 Å². The lowest BCUT2D eigenvalue weighted by Gasteiger charge is -2.25. The highest BCUT2D eigenvalue weighted by atomic mass is 16.5. The number of carbonyl (C=O) groups is 1. The van der Waals surface area contributed by atoms with Gasteiger partial charge in [-0.1, -0.05) is 6.42 Å². The third-order valence-corrected chi connectivity index (χ3v) is 4.69. The smallest absolute Gasteiger partial charge is 0.313 e. The van der Waals surface area contributed by atoms with Crippen molar-refractivity contribution in [3.8, 4) is 0 Å². The average molecular weight is 260 g/mol. The van der Waals surface area contributed by atoms with Crippen LogP contribution in [-0.4, -0.2) is 36.1 Å². The zero-order valence-electron chi connectivity index (χ0n) is 11.3. The fourth-order valence-electron chi connectivity index (χ4n) is 3.80. The van der Waals surface area contributed by atoms with Gasteiger partial charge in [0.25, 0.3) is 0 Å². The van der Waals surface area contributed by atoms with Crippen molar-refractivity contribution in [2.45, 2.75) is 25.8 Å². The van der Waals surface area contributed by atoms with Crippen LogP contribution < -0.4 is 0 Å². The summed E-state index contributed by atoms with van der Waals surface area (Å²) in [4.78, 5) is 18.6. The Morgan fingerprint density at radius 1 is 1.53 bits per heavy atom. The molecule has 19 heavy (non-hydrogen) atoms. The maximum atomic E-state index is 12.2. The fraction of sp³-hybridized carbons (Fsp3) is 0.600. The predicted molar refractivity (Wildman–Crippen MR) is 71.3 cm³/mol. The Labute approximate surface area is 113 Å². The van der Waals surface area contributed by atoms with Crippen LogP contribution in [0.1, 0.15) is 24.8 Å². The highest BCUT2D eigenvalue weighted by Crippen LogP contribution is 2.49. The summed E-state index contributed by atoms with van der Waals surface area (Å²) in [6.07, 6.45) is 6.94. The normalized spacial score (nSPS) is 30.3. The molecule has 3 rings (SSSR count). The molecule has 0 N–H and O–H groups in total. The molecule has 2 atom stereocenters. The van der Waals surface area contributed by atoms with E-state index in [1.807, 2.05) is 24.5 Å². The molecule has 1 aromatic rings. The van der Waals surface area contributed by atoms with E-state index in [0.717, 1.165) is 38.9 Å². The molecule has 2 fully saturated rings. The molecule has 102 valence electrons. The summed E-state index contributed by atoms with van der Waals surface area (Å²) in [5.74, 6) is 0.467. The lowest BCUT2D eigenvalue weighted by Crippen LogP contribution is -2.36. The maximum absolute atomic E-state index is 12.2. The second-order valence-corrected chi connectivity index (χ2v) is 5.76. The molecule has 1 aliphatic heterocycles. The molecule has 1 saturated carbocycles. The van der Waals surface area contributed by atoms with E-state index < -0.39 is 0 Å². The number of likely N-dealkylation sites (tertiary alicyclic amines) is 1. The van der Waals surface area contributed by atoms with Gasteiger partial charge < -0.3 is 4.74 Å². The third kappa shape index (κ3) is 2.14. The van der Waals surface area contributed by atoms with E-state index in [2.05, 4.69) is 9.88 Å². The van der Waals surface area contributed by atoms with Crippen LogP contribution in [0.25, 0.3) is 0 Å². The van der Waals surface area contributed by atoms with Crippen LogP contribution in [0.5, 0.6) is 0 Å². The van der Waals surface area contributed by atoms with Crippen LogP contribution in [0.15, 0.2) is 24.5 Å². The second-order valence-electron chi connectivity index (χ2n) is 5.76. The van der Waals surface area contributed by atoms with E-state index in [4.69, 9.17) is 4.74 Å². The second kappa shape index (κ2) is 4.93. The van der Waals surface area contributed by atoms with Gasteiger partial charge in [-0.3, -0.25) is 14.7 Å². The van der Waals surface area contributed by atoms with Crippen molar-refractivity contribution in [2.75, 3.05) is 20.2 Å². The molecule has 0 aromatic carbocycles. The minimum atomic E-state index is -0.234. The van der Waals surface area contributed by atoms with Crippen molar-refractivity contribution in [3.05, 3.63) is 30.1 Å². The van der Waals surface area contributed by atoms with Crippen LogP contribution in [0.4, 0.5) is 0 Å². The zero-order valence-corrected chi connectivity index (χ0v) is 11.3. The van der Waals surface area contributed by atoms with Gasteiger partial charge in [0, 0.05) is 32.0 Å². The molecule has 2 heterocycles. The Kier molecular flexibility index (Phi) is 3.27. The molecule has 1 aliphatic carbocycles.